The third kappa shape index (κ3) is 3.54. The number of rotatable bonds is 5. The summed E-state index contributed by atoms with van der Waals surface area (Å²) in [5.74, 6) is -3.91. The smallest absolute Gasteiger partial charge is 0.326 e. The molecule has 1 amide bonds. The van der Waals surface area contributed by atoms with Crippen molar-refractivity contribution < 1.29 is 29.0 Å². The van der Waals surface area contributed by atoms with Gasteiger partial charge in [0.05, 0.1) is 11.3 Å². The summed E-state index contributed by atoms with van der Waals surface area (Å²) in [6.07, 6.45) is -0.722. The predicted molar refractivity (Wildman–Crippen MR) is 72.9 cm³/mol. The second-order valence-electron chi connectivity index (χ2n) is 4.25. The Balaban J connectivity index is 2.20. The molecular formula is C13H10FNO5S. The molecule has 6 nitrogen and oxygen atoms in total. The van der Waals surface area contributed by atoms with Crippen molar-refractivity contribution in [3.8, 4) is 0 Å². The summed E-state index contributed by atoms with van der Waals surface area (Å²) in [6.45, 7) is 0. The molecule has 0 saturated heterocycles. The molecule has 1 atom stereocenters. The van der Waals surface area contributed by atoms with Gasteiger partial charge in [-0.15, -0.1) is 11.3 Å². The van der Waals surface area contributed by atoms with Gasteiger partial charge in [-0.3, -0.25) is 9.59 Å². The highest BCUT2D eigenvalue weighted by atomic mass is 32.1. The van der Waals surface area contributed by atoms with Crippen molar-refractivity contribution >= 4 is 39.3 Å². The lowest BCUT2D eigenvalue weighted by atomic mass is 10.2. The Morgan fingerprint density at radius 3 is 2.57 bits per heavy atom. The van der Waals surface area contributed by atoms with E-state index in [2.05, 4.69) is 5.32 Å². The lowest BCUT2D eigenvalue weighted by Gasteiger charge is -2.11. The number of carbonyl (C=O) groups excluding carboxylic acids is 1. The lowest BCUT2D eigenvalue weighted by molar-refractivity contribution is -0.145. The van der Waals surface area contributed by atoms with E-state index in [1.165, 1.54) is 24.3 Å². The molecule has 1 aromatic carbocycles. The van der Waals surface area contributed by atoms with Crippen molar-refractivity contribution in [1.29, 1.82) is 0 Å². The molecule has 0 unspecified atom stereocenters. The molecule has 1 heterocycles. The fourth-order valence-corrected chi connectivity index (χ4v) is 2.68. The first-order valence-electron chi connectivity index (χ1n) is 5.81. The van der Waals surface area contributed by atoms with Gasteiger partial charge in [0.1, 0.15) is 11.9 Å². The second-order valence-corrected chi connectivity index (χ2v) is 5.34. The largest absolute Gasteiger partial charge is 0.481 e. The zero-order valence-corrected chi connectivity index (χ0v) is 11.3. The van der Waals surface area contributed by atoms with Gasteiger partial charge in [-0.25, -0.2) is 9.18 Å². The molecule has 0 aliphatic rings. The minimum absolute atomic E-state index is 0.187. The SMILES string of the molecule is O=C(O)C[C@H](NC(=O)c1cc2cc(F)ccc2s1)C(=O)O. The summed E-state index contributed by atoms with van der Waals surface area (Å²) < 4.78 is 13.7. The highest BCUT2D eigenvalue weighted by Gasteiger charge is 2.24. The van der Waals surface area contributed by atoms with Gasteiger partial charge in [-0.2, -0.15) is 0 Å². The van der Waals surface area contributed by atoms with Crippen LogP contribution in [0, 0.1) is 5.82 Å². The van der Waals surface area contributed by atoms with E-state index in [4.69, 9.17) is 10.2 Å². The van der Waals surface area contributed by atoms with Gasteiger partial charge in [0.25, 0.3) is 5.91 Å². The van der Waals surface area contributed by atoms with E-state index in [9.17, 15) is 18.8 Å². The Kier molecular flexibility index (Phi) is 4.18. The number of amides is 1. The zero-order valence-electron chi connectivity index (χ0n) is 10.5. The van der Waals surface area contributed by atoms with Gasteiger partial charge < -0.3 is 15.5 Å². The molecule has 0 aliphatic carbocycles. The first-order valence-corrected chi connectivity index (χ1v) is 6.63. The van der Waals surface area contributed by atoms with Crippen LogP contribution in [0.15, 0.2) is 24.3 Å². The zero-order chi connectivity index (χ0) is 15.6. The summed E-state index contributed by atoms with van der Waals surface area (Å²) in [5.41, 5.74) is 0. The number of hydrogen-bond donors (Lipinski definition) is 3. The van der Waals surface area contributed by atoms with Crippen LogP contribution in [0.25, 0.3) is 10.1 Å². The molecule has 0 saturated carbocycles. The first-order chi connectivity index (χ1) is 9.86. The van der Waals surface area contributed by atoms with Crippen LogP contribution in [0.3, 0.4) is 0 Å². The van der Waals surface area contributed by atoms with Gasteiger partial charge in [0, 0.05) is 4.70 Å². The van der Waals surface area contributed by atoms with E-state index in [1.54, 1.807) is 0 Å². The van der Waals surface area contributed by atoms with Crippen LogP contribution < -0.4 is 5.32 Å². The molecule has 3 N–H and O–H groups in total. The van der Waals surface area contributed by atoms with Crippen LogP contribution >= 0.6 is 11.3 Å². The maximum Gasteiger partial charge on any atom is 0.326 e. The maximum atomic E-state index is 13.1. The first kappa shape index (κ1) is 14.9. The molecular weight excluding hydrogens is 301 g/mol. The molecule has 21 heavy (non-hydrogen) atoms. The maximum absolute atomic E-state index is 13.1. The summed E-state index contributed by atoms with van der Waals surface area (Å²) in [4.78, 5) is 33.6. The molecule has 0 fully saturated rings. The van der Waals surface area contributed by atoms with E-state index in [1.807, 2.05) is 0 Å². The molecule has 2 rings (SSSR count). The minimum Gasteiger partial charge on any atom is -0.481 e. The van der Waals surface area contributed by atoms with Crippen molar-refractivity contribution in [3.63, 3.8) is 0 Å². The Morgan fingerprint density at radius 2 is 1.95 bits per heavy atom. The third-order valence-corrected chi connectivity index (χ3v) is 3.80. The molecule has 8 heteroatoms. The van der Waals surface area contributed by atoms with E-state index in [0.29, 0.717) is 10.1 Å². The van der Waals surface area contributed by atoms with E-state index in [0.717, 1.165) is 11.3 Å². The van der Waals surface area contributed by atoms with Gasteiger partial charge in [-0.05, 0) is 29.7 Å². The topological polar surface area (TPSA) is 104 Å². The van der Waals surface area contributed by atoms with Gasteiger partial charge in [0.2, 0.25) is 0 Å². The average molecular weight is 311 g/mol. The van der Waals surface area contributed by atoms with Crippen LogP contribution in [0.4, 0.5) is 4.39 Å². The number of carboxylic acids is 2. The second kappa shape index (κ2) is 5.88. The number of hydrogen-bond acceptors (Lipinski definition) is 4. The summed E-state index contributed by atoms with van der Waals surface area (Å²) in [6, 6.07) is 3.94. The van der Waals surface area contributed by atoms with Crippen LogP contribution in [-0.4, -0.2) is 34.1 Å². The number of aliphatic carboxylic acids is 2. The minimum atomic E-state index is -1.52. The van der Waals surface area contributed by atoms with Gasteiger partial charge in [-0.1, -0.05) is 0 Å². The Labute approximate surface area is 121 Å². The highest BCUT2D eigenvalue weighted by molar-refractivity contribution is 7.20. The van der Waals surface area contributed by atoms with E-state index < -0.39 is 36.1 Å². The quantitative estimate of drug-likeness (QED) is 0.779. The Bertz CT molecular complexity index is 726. The average Bonchev–Trinajstić information content (AvgIpc) is 2.80. The monoisotopic (exact) mass is 311 g/mol. The standard InChI is InChI=1S/C13H10FNO5S/c14-7-1-2-9-6(3-7)4-10(21-9)12(18)15-8(13(19)20)5-11(16)17/h1-4,8H,5H2,(H,15,18)(H,16,17)(H,19,20)/t8-/m0/s1. The van der Waals surface area contributed by atoms with Crippen LogP contribution in [0.5, 0.6) is 0 Å². The normalized spacial score (nSPS) is 12.0. The number of benzene rings is 1. The molecule has 0 aliphatic heterocycles. The molecule has 0 radical (unpaired) electrons. The van der Waals surface area contributed by atoms with Crippen LogP contribution in [0.2, 0.25) is 0 Å². The van der Waals surface area contributed by atoms with Crippen molar-refractivity contribution in [2.75, 3.05) is 0 Å². The fourth-order valence-electron chi connectivity index (χ4n) is 1.73. The van der Waals surface area contributed by atoms with Crippen molar-refractivity contribution in [2.45, 2.75) is 12.5 Å². The van der Waals surface area contributed by atoms with Gasteiger partial charge in [0.15, 0.2) is 0 Å². The van der Waals surface area contributed by atoms with Crippen molar-refractivity contribution in [2.24, 2.45) is 0 Å². The molecule has 0 bridgehead atoms. The van der Waals surface area contributed by atoms with Crippen molar-refractivity contribution in [3.05, 3.63) is 35.0 Å². The number of thiophene rings is 1. The number of carbonyl (C=O) groups is 3. The molecule has 0 spiro atoms. The molecule has 1 aromatic heterocycles. The Morgan fingerprint density at radius 1 is 1.24 bits per heavy atom. The highest BCUT2D eigenvalue weighted by Crippen LogP contribution is 2.26. The van der Waals surface area contributed by atoms with E-state index >= 15 is 0 Å². The summed E-state index contributed by atoms with van der Waals surface area (Å²) in [7, 11) is 0. The Hall–Kier alpha value is -2.48. The van der Waals surface area contributed by atoms with Crippen LogP contribution in [-0.2, 0) is 9.59 Å². The summed E-state index contributed by atoms with van der Waals surface area (Å²) in [5, 5.41) is 20.1. The third-order valence-electron chi connectivity index (χ3n) is 2.68. The van der Waals surface area contributed by atoms with Gasteiger partial charge >= 0.3 is 11.9 Å². The molecule has 2 aromatic rings. The number of halogens is 1. The van der Waals surface area contributed by atoms with Crippen molar-refractivity contribution in [1.82, 2.24) is 5.32 Å². The number of carboxylic acid groups (broad SMARTS) is 2. The lowest BCUT2D eigenvalue weighted by Crippen LogP contribution is -2.41. The molecule has 110 valence electrons. The number of nitrogens with one attached hydrogen (secondary N) is 1. The fraction of sp³-hybridized carbons (Fsp3) is 0.154. The summed E-state index contributed by atoms with van der Waals surface area (Å²) >= 11 is 1.07. The predicted octanol–water partition coefficient (Wildman–Crippen LogP) is 1.70. The van der Waals surface area contributed by atoms with E-state index in [-0.39, 0.29) is 4.88 Å². The number of fused-ring (bicyclic) bond motifs is 1. The van der Waals surface area contributed by atoms with Crippen LogP contribution in [0.1, 0.15) is 16.1 Å².